The Morgan fingerprint density at radius 3 is 2.42 bits per heavy atom. The van der Waals surface area contributed by atoms with E-state index in [1.54, 1.807) is 24.3 Å². The molecule has 3 N–H and O–H groups in total. The van der Waals surface area contributed by atoms with Crippen molar-refractivity contribution in [2.75, 3.05) is 12.4 Å². The molecule has 0 radical (unpaired) electrons. The highest BCUT2D eigenvalue weighted by molar-refractivity contribution is 6.05. The van der Waals surface area contributed by atoms with Crippen molar-refractivity contribution < 1.29 is 18.7 Å². The summed E-state index contributed by atoms with van der Waals surface area (Å²) in [5, 5.41) is 8.15. The van der Waals surface area contributed by atoms with Gasteiger partial charge in [0.05, 0.1) is 12.8 Å². The molecule has 0 heterocycles. The van der Waals surface area contributed by atoms with Crippen molar-refractivity contribution in [3.8, 4) is 5.75 Å². The van der Waals surface area contributed by atoms with Crippen LogP contribution in [0, 0.1) is 5.82 Å². The van der Waals surface area contributed by atoms with E-state index in [2.05, 4.69) is 16.0 Å². The lowest BCUT2D eigenvalue weighted by molar-refractivity contribution is 0.102. The van der Waals surface area contributed by atoms with Crippen molar-refractivity contribution in [1.29, 1.82) is 0 Å². The Morgan fingerprint density at radius 2 is 1.81 bits per heavy atom. The summed E-state index contributed by atoms with van der Waals surface area (Å²) in [6.07, 6.45) is 0. The largest absolute Gasteiger partial charge is 0.494 e. The lowest BCUT2D eigenvalue weighted by Gasteiger charge is -2.11. The Kier molecular flexibility index (Phi) is 6.54. The number of anilines is 1. The van der Waals surface area contributed by atoms with Crippen LogP contribution in [-0.4, -0.2) is 25.1 Å². The molecule has 3 amide bonds. The van der Waals surface area contributed by atoms with E-state index < -0.39 is 5.82 Å². The number of methoxy groups -OCH3 is 1. The first kappa shape index (κ1) is 19.2. The van der Waals surface area contributed by atoms with E-state index in [9.17, 15) is 14.0 Å². The topological polar surface area (TPSA) is 79.5 Å². The molecule has 7 heteroatoms. The standard InChI is InChI=1S/C19H22FN3O3/c1-12(2)22-19(25)21-11-13-4-6-14(7-5-13)18(24)23-16-9-8-15(20)10-17(16)26-3/h4-10,12H,11H2,1-3H3,(H,23,24)(H2,21,22,25). The van der Waals surface area contributed by atoms with Crippen LogP contribution in [0.4, 0.5) is 14.9 Å². The van der Waals surface area contributed by atoms with Crippen LogP contribution in [-0.2, 0) is 6.54 Å². The van der Waals surface area contributed by atoms with E-state index in [1.165, 1.54) is 25.3 Å². The van der Waals surface area contributed by atoms with Gasteiger partial charge in [0.1, 0.15) is 11.6 Å². The zero-order valence-corrected chi connectivity index (χ0v) is 14.9. The van der Waals surface area contributed by atoms with E-state index >= 15 is 0 Å². The minimum atomic E-state index is -0.446. The molecule has 0 aromatic heterocycles. The number of halogens is 1. The molecule has 2 aromatic carbocycles. The summed E-state index contributed by atoms with van der Waals surface area (Å²) in [5.74, 6) is -0.541. The van der Waals surface area contributed by atoms with Gasteiger partial charge in [-0.3, -0.25) is 4.79 Å². The van der Waals surface area contributed by atoms with Gasteiger partial charge < -0.3 is 20.7 Å². The van der Waals surface area contributed by atoms with Crippen molar-refractivity contribution in [3.63, 3.8) is 0 Å². The third-order valence-corrected chi connectivity index (χ3v) is 3.50. The molecular formula is C19H22FN3O3. The van der Waals surface area contributed by atoms with Gasteiger partial charge in [0.25, 0.3) is 5.91 Å². The zero-order chi connectivity index (χ0) is 19.1. The molecule has 0 saturated carbocycles. The van der Waals surface area contributed by atoms with E-state index in [4.69, 9.17) is 4.74 Å². The van der Waals surface area contributed by atoms with E-state index in [0.29, 0.717) is 17.8 Å². The van der Waals surface area contributed by atoms with Gasteiger partial charge in [-0.1, -0.05) is 12.1 Å². The molecule has 0 atom stereocenters. The lowest BCUT2D eigenvalue weighted by Crippen LogP contribution is -2.39. The smallest absolute Gasteiger partial charge is 0.315 e. The fourth-order valence-electron chi connectivity index (χ4n) is 2.23. The van der Waals surface area contributed by atoms with Crippen molar-refractivity contribution in [2.45, 2.75) is 26.4 Å². The second-order valence-corrected chi connectivity index (χ2v) is 5.98. The molecule has 0 saturated heterocycles. The maximum atomic E-state index is 13.2. The molecule has 138 valence electrons. The monoisotopic (exact) mass is 359 g/mol. The van der Waals surface area contributed by atoms with Crippen LogP contribution in [0.1, 0.15) is 29.8 Å². The number of urea groups is 1. The van der Waals surface area contributed by atoms with Gasteiger partial charge in [-0.05, 0) is 43.7 Å². The van der Waals surface area contributed by atoms with Crippen LogP contribution in [0.2, 0.25) is 0 Å². The SMILES string of the molecule is COc1cc(F)ccc1NC(=O)c1ccc(CNC(=O)NC(C)C)cc1. The Morgan fingerprint density at radius 1 is 1.12 bits per heavy atom. The maximum Gasteiger partial charge on any atom is 0.315 e. The van der Waals surface area contributed by atoms with E-state index in [0.717, 1.165) is 5.56 Å². The fourth-order valence-corrected chi connectivity index (χ4v) is 2.23. The number of carbonyl (C=O) groups is 2. The highest BCUT2D eigenvalue weighted by atomic mass is 19.1. The van der Waals surface area contributed by atoms with Crippen LogP contribution in [0.25, 0.3) is 0 Å². The molecule has 0 unspecified atom stereocenters. The molecule has 2 rings (SSSR count). The average Bonchev–Trinajstić information content (AvgIpc) is 2.61. The summed E-state index contributed by atoms with van der Waals surface area (Å²) < 4.78 is 18.3. The van der Waals surface area contributed by atoms with Crippen LogP contribution < -0.4 is 20.7 Å². The van der Waals surface area contributed by atoms with Crippen molar-refractivity contribution >= 4 is 17.6 Å². The third-order valence-electron chi connectivity index (χ3n) is 3.50. The van der Waals surface area contributed by atoms with Gasteiger partial charge in [0.15, 0.2) is 0 Å². The minimum absolute atomic E-state index is 0.0597. The number of carbonyl (C=O) groups excluding carboxylic acids is 2. The number of hydrogen-bond acceptors (Lipinski definition) is 3. The lowest BCUT2D eigenvalue weighted by atomic mass is 10.1. The van der Waals surface area contributed by atoms with Crippen LogP contribution in [0.3, 0.4) is 0 Å². The van der Waals surface area contributed by atoms with Gasteiger partial charge >= 0.3 is 6.03 Å². The summed E-state index contributed by atoms with van der Waals surface area (Å²) in [4.78, 5) is 23.9. The van der Waals surface area contributed by atoms with Crippen LogP contribution in [0.5, 0.6) is 5.75 Å². The predicted molar refractivity (Wildman–Crippen MR) is 97.9 cm³/mol. The van der Waals surface area contributed by atoms with Crippen LogP contribution >= 0.6 is 0 Å². The summed E-state index contributed by atoms with van der Waals surface area (Å²) >= 11 is 0. The molecule has 0 spiro atoms. The van der Waals surface area contributed by atoms with E-state index in [-0.39, 0.29) is 23.7 Å². The second-order valence-electron chi connectivity index (χ2n) is 5.98. The van der Waals surface area contributed by atoms with Gasteiger partial charge in [0, 0.05) is 24.2 Å². The normalized spacial score (nSPS) is 10.3. The second kappa shape index (κ2) is 8.84. The van der Waals surface area contributed by atoms with Crippen molar-refractivity contribution in [1.82, 2.24) is 10.6 Å². The Bertz CT molecular complexity index is 776. The highest BCUT2D eigenvalue weighted by Crippen LogP contribution is 2.25. The minimum Gasteiger partial charge on any atom is -0.494 e. The third kappa shape index (κ3) is 5.47. The van der Waals surface area contributed by atoms with Gasteiger partial charge in [-0.25, -0.2) is 9.18 Å². The fraction of sp³-hybridized carbons (Fsp3) is 0.263. The highest BCUT2D eigenvalue weighted by Gasteiger charge is 2.11. The first-order valence-corrected chi connectivity index (χ1v) is 8.17. The van der Waals surface area contributed by atoms with Gasteiger partial charge in [-0.15, -0.1) is 0 Å². The molecule has 0 fully saturated rings. The maximum absolute atomic E-state index is 13.2. The Hall–Kier alpha value is -3.09. The summed E-state index contributed by atoms with van der Waals surface area (Å²) in [6, 6.07) is 10.5. The molecular weight excluding hydrogens is 337 g/mol. The van der Waals surface area contributed by atoms with E-state index in [1.807, 2.05) is 13.8 Å². The quantitative estimate of drug-likeness (QED) is 0.740. The number of nitrogens with one attached hydrogen (secondary N) is 3. The van der Waals surface area contributed by atoms with Crippen LogP contribution in [0.15, 0.2) is 42.5 Å². The Balaban J connectivity index is 1.97. The van der Waals surface area contributed by atoms with Gasteiger partial charge in [-0.2, -0.15) is 0 Å². The molecule has 0 aliphatic rings. The number of ether oxygens (including phenoxy) is 1. The zero-order valence-electron chi connectivity index (χ0n) is 14.9. The molecule has 0 aliphatic carbocycles. The first-order valence-electron chi connectivity index (χ1n) is 8.17. The molecule has 0 aliphatic heterocycles. The molecule has 6 nitrogen and oxygen atoms in total. The van der Waals surface area contributed by atoms with Crippen molar-refractivity contribution in [3.05, 3.63) is 59.4 Å². The molecule has 0 bridgehead atoms. The first-order chi connectivity index (χ1) is 12.4. The predicted octanol–water partition coefficient (Wildman–Crippen LogP) is 3.29. The average molecular weight is 359 g/mol. The molecule has 26 heavy (non-hydrogen) atoms. The number of benzene rings is 2. The Labute approximate surface area is 151 Å². The van der Waals surface area contributed by atoms with Gasteiger partial charge in [0.2, 0.25) is 0 Å². The van der Waals surface area contributed by atoms with Crippen molar-refractivity contribution in [2.24, 2.45) is 0 Å². The number of rotatable bonds is 6. The summed E-state index contributed by atoms with van der Waals surface area (Å²) in [7, 11) is 1.40. The number of hydrogen-bond donors (Lipinski definition) is 3. The summed E-state index contributed by atoms with van der Waals surface area (Å²) in [6.45, 7) is 4.11. The number of amides is 3. The molecule has 2 aromatic rings. The summed E-state index contributed by atoms with van der Waals surface area (Å²) in [5.41, 5.74) is 1.68.